The van der Waals surface area contributed by atoms with Gasteiger partial charge in [-0.25, -0.2) is 0 Å². The molecule has 0 saturated heterocycles. The monoisotopic (exact) mass is 245 g/mol. The standard InChI is InChI=1S/C15H16ClN/c1-15(16)10-5-8-13(9-11-15)14(17)12-6-3-2-4-7-12/h2-11,14H,17H2,1H3. The van der Waals surface area contributed by atoms with Crippen molar-refractivity contribution in [3.05, 3.63) is 71.8 Å². The number of nitrogens with two attached hydrogens (primary N) is 1. The number of hydrogen-bond donors (Lipinski definition) is 1. The van der Waals surface area contributed by atoms with Gasteiger partial charge in [-0.3, -0.25) is 0 Å². The third-order valence-electron chi connectivity index (χ3n) is 2.83. The number of hydrogen-bond acceptors (Lipinski definition) is 1. The van der Waals surface area contributed by atoms with E-state index in [-0.39, 0.29) is 6.04 Å². The van der Waals surface area contributed by atoms with Gasteiger partial charge in [-0.2, -0.15) is 0 Å². The van der Waals surface area contributed by atoms with Crippen LogP contribution in [0.25, 0.3) is 0 Å². The summed E-state index contributed by atoms with van der Waals surface area (Å²) in [6.45, 7) is 1.95. The van der Waals surface area contributed by atoms with Crippen molar-refractivity contribution >= 4 is 11.6 Å². The Morgan fingerprint density at radius 3 is 2.59 bits per heavy atom. The van der Waals surface area contributed by atoms with Crippen molar-refractivity contribution in [2.45, 2.75) is 17.8 Å². The summed E-state index contributed by atoms with van der Waals surface area (Å²) in [5, 5.41) is 0. The number of rotatable bonds is 2. The smallest absolute Gasteiger partial charge is 0.0784 e. The minimum absolute atomic E-state index is 0.109. The molecule has 2 atom stereocenters. The Bertz CT molecular complexity index is 469. The van der Waals surface area contributed by atoms with Crippen LogP contribution in [0.4, 0.5) is 0 Å². The molecule has 2 unspecified atom stereocenters. The van der Waals surface area contributed by atoms with Gasteiger partial charge >= 0.3 is 0 Å². The second kappa shape index (κ2) is 4.91. The lowest BCUT2D eigenvalue weighted by Gasteiger charge is -2.13. The molecule has 88 valence electrons. The summed E-state index contributed by atoms with van der Waals surface area (Å²) in [4.78, 5) is -0.422. The van der Waals surface area contributed by atoms with E-state index in [1.807, 2.05) is 67.6 Å². The molecule has 0 heterocycles. The predicted molar refractivity (Wildman–Crippen MR) is 74.0 cm³/mol. The van der Waals surface area contributed by atoms with Crippen molar-refractivity contribution in [3.8, 4) is 0 Å². The third-order valence-corrected chi connectivity index (χ3v) is 3.08. The molecule has 1 aromatic rings. The highest BCUT2D eigenvalue weighted by atomic mass is 35.5. The van der Waals surface area contributed by atoms with Crippen molar-refractivity contribution in [2.75, 3.05) is 0 Å². The maximum Gasteiger partial charge on any atom is 0.0784 e. The molecule has 2 heteroatoms. The molecule has 0 aliphatic heterocycles. The van der Waals surface area contributed by atoms with Gasteiger partial charge in [-0.15, -0.1) is 11.6 Å². The molecule has 0 bridgehead atoms. The third kappa shape index (κ3) is 3.09. The van der Waals surface area contributed by atoms with E-state index in [2.05, 4.69) is 0 Å². The molecule has 1 aromatic carbocycles. The number of halogens is 1. The lowest BCUT2D eigenvalue weighted by atomic mass is 9.99. The van der Waals surface area contributed by atoms with Crippen LogP contribution in [0.3, 0.4) is 0 Å². The van der Waals surface area contributed by atoms with E-state index in [0.717, 1.165) is 11.1 Å². The van der Waals surface area contributed by atoms with Crippen molar-refractivity contribution in [2.24, 2.45) is 5.73 Å². The maximum atomic E-state index is 6.24. The van der Waals surface area contributed by atoms with Crippen molar-refractivity contribution in [3.63, 3.8) is 0 Å². The van der Waals surface area contributed by atoms with E-state index in [1.165, 1.54) is 0 Å². The van der Waals surface area contributed by atoms with Gasteiger partial charge in [-0.1, -0.05) is 60.7 Å². The number of alkyl halides is 1. The highest BCUT2D eigenvalue weighted by Crippen LogP contribution is 2.26. The van der Waals surface area contributed by atoms with Crippen LogP contribution in [0, 0.1) is 0 Å². The largest absolute Gasteiger partial charge is 0.320 e. The average molecular weight is 246 g/mol. The van der Waals surface area contributed by atoms with Gasteiger partial charge in [0.25, 0.3) is 0 Å². The molecule has 2 N–H and O–H groups in total. The Hall–Kier alpha value is -1.31. The zero-order chi connectivity index (χ0) is 12.3. The Morgan fingerprint density at radius 1 is 1.18 bits per heavy atom. The van der Waals surface area contributed by atoms with Crippen molar-refractivity contribution in [1.29, 1.82) is 0 Å². The first-order valence-corrected chi connectivity index (χ1v) is 6.04. The van der Waals surface area contributed by atoms with Crippen LogP contribution in [0.1, 0.15) is 18.5 Å². The fraction of sp³-hybridized carbons (Fsp3) is 0.200. The molecule has 0 amide bonds. The first-order valence-electron chi connectivity index (χ1n) is 5.67. The fourth-order valence-corrected chi connectivity index (χ4v) is 1.91. The summed E-state index contributed by atoms with van der Waals surface area (Å²) in [5.41, 5.74) is 8.40. The van der Waals surface area contributed by atoms with Gasteiger partial charge in [0, 0.05) is 0 Å². The summed E-state index contributed by atoms with van der Waals surface area (Å²) in [5.74, 6) is 0. The fourth-order valence-electron chi connectivity index (χ4n) is 1.78. The molecule has 1 nitrogen and oxygen atoms in total. The molecule has 17 heavy (non-hydrogen) atoms. The van der Waals surface area contributed by atoms with Crippen LogP contribution >= 0.6 is 11.6 Å². The van der Waals surface area contributed by atoms with E-state index in [1.54, 1.807) is 0 Å². The summed E-state index contributed by atoms with van der Waals surface area (Å²) in [6.07, 6.45) is 9.90. The summed E-state index contributed by atoms with van der Waals surface area (Å²) in [6, 6.07) is 9.95. The number of allylic oxidation sites excluding steroid dienone is 4. The van der Waals surface area contributed by atoms with E-state index in [9.17, 15) is 0 Å². The van der Waals surface area contributed by atoms with Gasteiger partial charge in [0.2, 0.25) is 0 Å². The van der Waals surface area contributed by atoms with Gasteiger partial charge in [-0.05, 0) is 18.1 Å². The van der Waals surface area contributed by atoms with Gasteiger partial charge in [0.15, 0.2) is 0 Å². The van der Waals surface area contributed by atoms with Crippen LogP contribution in [0.15, 0.2) is 66.3 Å². The number of benzene rings is 1. The Labute approximate surface area is 107 Å². The molecular weight excluding hydrogens is 230 g/mol. The first kappa shape index (κ1) is 12.2. The molecule has 0 aromatic heterocycles. The highest BCUT2D eigenvalue weighted by molar-refractivity contribution is 6.26. The zero-order valence-corrected chi connectivity index (χ0v) is 10.6. The molecular formula is C15H16ClN. The van der Waals surface area contributed by atoms with Crippen LogP contribution in [-0.4, -0.2) is 4.87 Å². The zero-order valence-electron chi connectivity index (χ0n) is 9.81. The minimum atomic E-state index is -0.422. The molecule has 0 radical (unpaired) electrons. The molecule has 2 rings (SSSR count). The quantitative estimate of drug-likeness (QED) is 0.790. The van der Waals surface area contributed by atoms with Crippen LogP contribution in [0.2, 0.25) is 0 Å². The summed E-state index contributed by atoms with van der Waals surface area (Å²) >= 11 is 6.24. The van der Waals surface area contributed by atoms with E-state index in [0.29, 0.717) is 0 Å². The van der Waals surface area contributed by atoms with E-state index < -0.39 is 4.87 Å². The second-order valence-corrected chi connectivity index (χ2v) is 5.21. The lowest BCUT2D eigenvalue weighted by Crippen LogP contribution is -2.12. The summed E-state index contributed by atoms with van der Waals surface area (Å²) < 4.78 is 0. The molecule has 1 aliphatic rings. The van der Waals surface area contributed by atoms with Crippen molar-refractivity contribution < 1.29 is 0 Å². The minimum Gasteiger partial charge on any atom is -0.320 e. The van der Waals surface area contributed by atoms with E-state index >= 15 is 0 Å². The SMILES string of the molecule is CC1(Cl)C=CC=C(C(N)c2ccccc2)C=C1. The topological polar surface area (TPSA) is 26.0 Å². The normalized spacial score (nSPS) is 25.2. The first-order chi connectivity index (χ1) is 8.08. The maximum absolute atomic E-state index is 6.24. The lowest BCUT2D eigenvalue weighted by molar-refractivity contribution is 0.868. The van der Waals surface area contributed by atoms with Crippen LogP contribution < -0.4 is 5.73 Å². The molecule has 1 aliphatic carbocycles. The molecule has 0 saturated carbocycles. The van der Waals surface area contributed by atoms with Gasteiger partial charge < -0.3 is 5.73 Å². The molecule has 0 spiro atoms. The highest BCUT2D eigenvalue weighted by Gasteiger charge is 2.16. The Morgan fingerprint density at radius 2 is 1.88 bits per heavy atom. The van der Waals surface area contributed by atoms with Gasteiger partial charge in [0.1, 0.15) is 0 Å². The predicted octanol–water partition coefficient (Wildman–Crippen LogP) is 3.74. The average Bonchev–Trinajstić information content (AvgIpc) is 2.50. The van der Waals surface area contributed by atoms with E-state index in [4.69, 9.17) is 17.3 Å². The molecule has 0 fully saturated rings. The Balaban J connectivity index is 2.25. The second-order valence-electron chi connectivity index (χ2n) is 4.40. The van der Waals surface area contributed by atoms with Crippen LogP contribution in [0.5, 0.6) is 0 Å². The Kier molecular flexibility index (Phi) is 3.51. The van der Waals surface area contributed by atoms with Gasteiger partial charge in [0.05, 0.1) is 10.9 Å². The van der Waals surface area contributed by atoms with Crippen LogP contribution in [-0.2, 0) is 0 Å². The summed E-state index contributed by atoms with van der Waals surface area (Å²) in [7, 11) is 0. The van der Waals surface area contributed by atoms with Crippen molar-refractivity contribution in [1.82, 2.24) is 0 Å².